The molecule has 3 saturated heterocycles. The van der Waals surface area contributed by atoms with Crippen LogP contribution >= 0.6 is 0 Å². The molecule has 0 aromatic heterocycles. The zero-order valence-corrected chi connectivity index (χ0v) is 28.8. The molecular formula is C31H57F2NO16. The average molecular weight is 738 g/mol. The number of ether oxygens (including phenoxy) is 7. The Bertz CT molecular complexity index is 1010. The van der Waals surface area contributed by atoms with Gasteiger partial charge in [0.15, 0.2) is 12.6 Å². The van der Waals surface area contributed by atoms with E-state index in [0.717, 1.165) is 6.42 Å². The highest BCUT2D eigenvalue weighted by Gasteiger charge is 2.56. The number of aliphatic hydroxyl groups excluding tert-OH is 9. The topological polar surface area (TPSA) is 273 Å². The van der Waals surface area contributed by atoms with Crippen LogP contribution in [0.3, 0.4) is 0 Å². The molecule has 19 heteroatoms. The number of hydrogen-bond acceptors (Lipinski definition) is 17. The van der Waals surface area contributed by atoms with Crippen molar-refractivity contribution in [1.82, 2.24) is 0 Å². The Labute approximate surface area is 289 Å². The first-order valence-electron chi connectivity index (χ1n) is 17.1. The summed E-state index contributed by atoms with van der Waals surface area (Å²) in [5, 5.41) is 96.3. The van der Waals surface area contributed by atoms with Gasteiger partial charge in [0.1, 0.15) is 86.0 Å². The third kappa shape index (κ3) is 9.83. The van der Waals surface area contributed by atoms with Crippen molar-refractivity contribution in [3.63, 3.8) is 0 Å². The maximum atomic E-state index is 14.0. The van der Waals surface area contributed by atoms with E-state index in [0.29, 0.717) is 12.8 Å². The van der Waals surface area contributed by atoms with Crippen LogP contribution in [0, 0.1) is 0 Å². The van der Waals surface area contributed by atoms with Crippen LogP contribution in [0.1, 0.15) is 53.4 Å². The van der Waals surface area contributed by atoms with Crippen molar-refractivity contribution < 1.29 is 87.9 Å². The van der Waals surface area contributed by atoms with Crippen LogP contribution in [0.2, 0.25) is 0 Å². The Morgan fingerprint density at radius 3 is 1.74 bits per heavy atom. The molecule has 0 radical (unpaired) electrons. The van der Waals surface area contributed by atoms with Gasteiger partial charge in [-0.1, -0.05) is 27.2 Å². The van der Waals surface area contributed by atoms with Gasteiger partial charge in [-0.2, -0.15) is 0 Å². The molecular weight excluding hydrogens is 680 g/mol. The first kappa shape index (κ1) is 43.6. The summed E-state index contributed by atoms with van der Waals surface area (Å²) in [5.74, 6) is -3.41. The van der Waals surface area contributed by atoms with Crippen LogP contribution in [-0.4, -0.2) is 188 Å². The number of nitrogens with two attached hydrogens (primary N) is 1. The van der Waals surface area contributed by atoms with Crippen molar-refractivity contribution in [3.8, 4) is 0 Å². The number of alkyl halides is 2. The molecule has 296 valence electrons. The van der Waals surface area contributed by atoms with Gasteiger partial charge in [-0.3, -0.25) is 0 Å². The Kier molecular flexibility index (Phi) is 16.5. The van der Waals surface area contributed by atoms with Crippen LogP contribution in [0.25, 0.3) is 0 Å². The lowest BCUT2D eigenvalue weighted by molar-refractivity contribution is -0.380. The lowest BCUT2D eigenvalue weighted by Crippen LogP contribution is -2.69. The molecule has 3 aliphatic rings. The van der Waals surface area contributed by atoms with Crippen LogP contribution in [0.4, 0.5) is 8.78 Å². The van der Waals surface area contributed by atoms with Crippen LogP contribution in [-0.2, 0) is 33.2 Å². The minimum atomic E-state index is -3.41. The number of rotatable bonds is 18. The SMILES string of the molecule is CCCC(CC)OC1C(O)[C@H](O)C(CO)O[C@@H]1OC1C(O)[C@@H](OC2C(O)[C@@H](C(C)(CC)OCC(F)(F)CN)OC(CO)[C@H]2O)OC(CO)[C@H]1O. The summed E-state index contributed by atoms with van der Waals surface area (Å²) in [7, 11) is 0. The van der Waals surface area contributed by atoms with E-state index in [4.69, 9.17) is 38.9 Å². The van der Waals surface area contributed by atoms with Gasteiger partial charge in [-0.25, -0.2) is 8.78 Å². The fraction of sp³-hybridized carbons (Fsp3) is 1.00. The molecule has 50 heavy (non-hydrogen) atoms. The third-order valence-corrected chi connectivity index (χ3v) is 9.73. The van der Waals surface area contributed by atoms with Gasteiger partial charge < -0.3 is 84.9 Å². The second-order valence-corrected chi connectivity index (χ2v) is 13.3. The lowest BCUT2D eigenvalue weighted by Gasteiger charge is -2.51. The summed E-state index contributed by atoms with van der Waals surface area (Å²) < 4.78 is 68.5. The lowest BCUT2D eigenvalue weighted by atomic mass is 9.84. The number of aliphatic hydroxyl groups is 9. The molecule has 0 bridgehead atoms. The molecule has 0 aromatic rings. The summed E-state index contributed by atoms with van der Waals surface area (Å²) in [4.78, 5) is 0. The summed E-state index contributed by atoms with van der Waals surface area (Å²) >= 11 is 0. The van der Waals surface area contributed by atoms with Gasteiger partial charge >= 0.3 is 0 Å². The molecule has 3 aliphatic heterocycles. The van der Waals surface area contributed by atoms with Crippen LogP contribution < -0.4 is 5.73 Å². The van der Waals surface area contributed by atoms with E-state index < -0.39 is 143 Å². The van der Waals surface area contributed by atoms with E-state index in [1.807, 2.05) is 13.8 Å². The monoisotopic (exact) mass is 737 g/mol. The average Bonchev–Trinajstić information content (AvgIpc) is 3.10. The third-order valence-electron chi connectivity index (χ3n) is 9.73. The minimum absolute atomic E-state index is 0.00470. The van der Waals surface area contributed by atoms with Gasteiger partial charge in [-0.05, 0) is 26.2 Å². The molecule has 17 atom stereocenters. The van der Waals surface area contributed by atoms with E-state index >= 15 is 0 Å². The van der Waals surface area contributed by atoms with Gasteiger partial charge in [-0.15, -0.1) is 0 Å². The maximum absolute atomic E-state index is 14.0. The molecule has 3 heterocycles. The summed E-state index contributed by atoms with van der Waals surface area (Å²) in [6, 6.07) is 0. The molecule has 3 rings (SSSR count). The molecule has 17 nitrogen and oxygen atoms in total. The van der Waals surface area contributed by atoms with E-state index in [9.17, 15) is 54.7 Å². The van der Waals surface area contributed by atoms with Gasteiger partial charge in [0, 0.05) is 0 Å². The Morgan fingerprint density at radius 1 is 0.700 bits per heavy atom. The molecule has 0 saturated carbocycles. The first-order chi connectivity index (χ1) is 23.6. The second kappa shape index (κ2) is 19.0. The standard InChI is InChI=1S/C31H57F2NO16/c1-5-8-14(6-2)45-26-21(41)18(38)15(9-35)48-29(26)50-25-20(40)17(11-37)47-28(23(25)43)49-24-19(39)16(10-36)46-27(22(24)42)30(4,7-3)44-13-31(32,33)12-34/h14-29,35-43H,5-13,34H2,1-4H3/t14?,15?,16?,17?,18-,19-,20-,21?,22?,23?,24?,25?,26?,27+,28-,29-,30?/m1/s1. The Morgan fingerprint density at radius 2 is 1.22 bits per heavy atom. The van der Waals surface area contributed by atoms with Crippen molar-refractivity contribution in [2.75, 3.05) is 33.0 Å². The smallest absolute Gasteiger partial charge is 0.282 e. The van der Waals surface area contributed by atoms with Gasteiger partial charge in [0.2, 0.25) is 0 Å². The second-order valence-electron chi connectivity index (χ2n) is 13.3. The van der Waals surface area contributed by atoms with Crippen molar-refractivity contribution in [2.24, 2.45) is 5.73 Å². The van der Waals surface area contributed by atoms with Crippen molar-refractivity contribution >= 4 is 0 Å². The normalized spacial score (nSPS) is 41.9. The predicted molar refractivity (Wildman–Crippen MR) is 166 cm³/mol. The van der Waals surface area contributed by atoms with E-state index in [1.165, 1.54) is 6.92 Å². The highest BCUT2D eigenvalue weighted by atomic mass is 19.3. The van der Waals surface area contributed by atoms with Crippen molar-refractivity contribution in [1.29, 1.82) is 0 Å². The summed E-state index contributed by atoms with van der Waals surface area (Å²) in [5.41, 5.74) is 3.50. The fourth-order valence-corrected chi connectivity index (χ4v) is 6.33. The van der Waals surface area contributed by atoms with E-state index in [1.54, 1.807) is 6.92 Å². The first-order valence-corrected chi connectivity index (χ1v) is 17.1. The zero-order chi connectivity index (χ0) is 37.6. The molecule has 0 aliphatic carbocycles. The number of halogens is 2. The molecule has 11 unspecified atom stereocenters. The minimum Gasteiger partial charge on any atom is -0.394 e. The Balaban J connectivity index is 1.90. The molecule has 3 fully saturated rings. The molecule has 11 N–H and O–H groups in total. The highest BCUT2D eigenvalue weighted by molar-refractivity contribution is 5.02. The van der Waals surface area contributed by atoms with Crippen LogP contribution in [0.15, 0.2) is 0 Å². The van der Waals surface area contributed by atoms with Crippen LogP contribution in [0.5, 0.6) is 0 Å². The fourth-order valence-electron chi connectivity index (χ4n) is 6.33. The predicted octanol–water partition coefficient (Wildman–Crippen LogP) is -3.14. The maximum Gasteiger partial charge on any atom is 0.282 e. The van der Waals surface area contributed by atoms with E-state index in [-0.39, 0.29) is 6.42 Å². The van der Waals surface area contributed by atoms with Crippen molar-refractivity contribution in [3.05, 3.63) is 0 Å². The largest absolute Gasteiger partial charge is 0.394 e. The van der Waals surface area contributed by atoms with Gasteiger partial charge in [0.25, 0.3) is 5.92 Å². The zero-order valence-electron chi connectivity index (χ0n) is 28.8. The van der Waals surface area contributed by atoms with Gasteiger partial charge in [0.05, 0.1) is 38.1 Å². The summed E-state index contributed by atoms with van der Waals surface area (Å²) in [6.07, 6.45) is -23.2. The summed E-state index contributed by atoms with van der Waals surface area (Å²) in [6.45, 7) is 2.17. The highest BCUT2D eigenvalue weighted by Crippen LogP contribution is 2.37. The Hall–Kier alpha value is -0.820. The molecule has 0 spiro atoms. The number of hydrogen-bond donors (Lipinski definition) is 10. The molecule has 0 amide bonds. The quantitative estimate of drug-likeness (QED) is 0.0666. The van der Waals surface area contributed by atoms with Crippen molar-refractivity contribution in [2.45, 2.75) is 163 Å². The van der Waals surface area contributed by atoms with E-state index in [2.05, 4.69) is 0 Å². The molecule has 0 aromatic carbocycles.